The summed E-state index contributed by atoms with van der Waals surface area (Å²) in [5, 5.41) is 16.0. The molecule has 96 valence electrons. The zero-order chi connectivity index (χ0) is 12.4. The molecule has 3 rings (SSSR count). The Balaban J connectivity index is 1.95. The van der Waals surface area contributed by atoms with Gasteiger partial charge in [0.2, 0.25) is 0 Å². The molecule has 1 heterocycles. The van der Waals surface area contributed by atoms with E-state index in [2.05, 4.69) is 17.2 Å². The summed E-state index contributed by atoms with van der Waals surface area (Å²) in [7, 11) is 0. The van der Waals surface area contributed by atoms with Crippen LogP contribution in [0.15, 0.2) is 30.5 Å². The smallest absolute Gasteiger partial charge is 0.0785 e. The second kappa shape index (κ2) is 5.11. The third-order valence-electron chi connectivity index (χ3n) is 4.01. The van der Waals surface area contributed by atoms with Gasteiger partial charge in [-0.2, -0.15) is 5.10 Å². The highest BCUT2D eigenvalue weighted by Gasteiger charge is 2.23. The lowest BCUT2D eigenvalue weighted by molar-refractivity contribution is 0.0848. The molecule has 2 atom stereocenters. The zero-order valence-corrected chi connectivity index (χ0v) is 10.6. The van der Waals surface area contributed by atoms with Gasteiger partial charge in [-0.1, -0.05) is 43.9 Å². The van der Waals surface area contributed by atoms with E-state index in [0.717, 1.165) is 30.2 Å². The Hall–Kier alpha value is -1.35. The van der Waals surface area contributed by atoms with Crippen molar-refractivity contribution in [1.29, 1.82) is 0 Å². The molecule has 1 fully saturated rings. The summed E-state index contributed by atoms with van der Waals surface area (Å²) in [6.45, 7) is 0. The van der Waals surface area contributed by atoms with E-state index in [1.54, 1.807) is 0 Å². The molecule has 0 radical (unpaired) electrons. The molecule has 1 aliphatic rings. The molecule has 0 amide bonds. The number of aromatic nitrogens is 2. The number of fused-ring (bicyclic) bond motifs is 1. The number of rotatable bonds is 1. The standard InChI is InChI=1S/C15H20N2O/c18-15-10-4-2-1-3-9-14(15)17-13-8-6-5-7-12(13)11-16-17/h5-8,11,14-15,18H,1-4,9-10H2. The number of para-hydroxylation sites is 1. The molecule has 0 bridgehead atoms. The van der Waals surface area contributed by atoms with Gasteiger partial charge >= 0.3 is 0 Å². The van der Waals surface area contributed by atoms with E-state index >= 15 is 0 Å². The summed E-state index contributed by atoms with van der Waals surface area (Å²) in [5.74, 6) is 0. The largest absolute Gasteiger partial charge is 0.391 e. The minimum Gasteiger partial charge on any atom is -0.391 e. The Kier molecular flexibility index (Phi) is 3.33. The van der Waals surface area contributed by atoms with Gasteiger partial charge < -0.3 is 5.11 Å². The number of aliphatic hydroxyl groups is 1. The van der Waals surface area contributed by atoms with Crippen LogP contribution in [-0.2, 0) is 0 Å². The van der Waals surface area contributed by atoms with E-state index in [0.29, 0.717) is 0 Å². The zero-order valence-electron chi connectivity index (χ0n) is 10.6. The molecule has 1 aliphatic carbocycles. The number of hydrogen-bond donors (Lipinski definition) is 1. The first-order valence-corrected chi connectivity index (χ1v) is 6.96. The van der Waals surface area contributed by atoms with Crippen LogP contribution in [0.4, 0.5) is 0 Å². The Labute approximate surface area is 107 Å². The molecule has 1 saturated carbocycles. The van der Waals surface area contributed by atoms with E-state index < -0.39 is 0 Å². The van der Waals surface area contributed by atoms with Gasteiger partial charge in [0.1, 0.15) is 0 Å². The number of benzene rings is 1. The van der Waals surface area contributed by atoms with Gasteiger partial charge in [-0.15, -0.1) is 0 Å². The number of aliphatic hydroxyl groups excluding tert-OH is 1. The fraction of sp³-hybridized carbons (Fsp3) is 0.533. The highest BCUT2D eigenvalue weighted by atomic mass is 16.3. The predicted octanol–water partition coefficient (Wildman–Crippen LogP) is 3.29. The van der Waals surface area contributed by atoms with Gasteiger partial charge in [-0.3, -0.25) is 4.68 Å². The molecule has 0 aliphatic heterocycles. The van der Waals surface area contributed by atoms with Crippen molar-refractivity contribution in [3.05, 3.63) is 30.5 Å². The fourth-order valence-corrected chi connectivity index (χ4v) is 2.99. The van der Waals surface area contributed by atoms with Crippen molar-refractivity contribution in [3.8, 4) is 0 Å². The molecule has 3 heteroatoms. The monoisotopic (exact) mass is 244 g/mol. The molecule has 2 aromatic rings. The SMILES string of the molecule is OC1CCCCCCC1n1ncc2ccccc21. The van der Waals surface area contributed by atoms with Crippen LogP contribution in [0.1, 0.15) is 44.6 Å². The maximum atomic E-state index is 10.3. The second-order valence-electron chi connectivity index (χ2n) is 5.27. The van der Waals surface area contributed by atoms with Gasteiger partial charge in [0.25, 0.3) is 0 Å². The van der Waals surface area contributed by atoms with Crippen molar-refractivity contribution in [2.45, 2.75) is 50.7 Å². The summed E-state index contributed by atoms with van der Waals surface area (Å²) in [5.41, 5.74) is 1.14. The van der Waals surface area contributed by atoms with Crippen LogP contribution in [0, 0.1) is 0 Å². The molecule has 1 N–H and O–H groups in total. The molecular formula is C15H20N2O. The Morgan fingerprint density at radius 3 is 2.72 bits per heavy atom. The first-order valence-electron chi connectivity index (χ1n) is 6.96. The first kappa shape index (κ1) is 11.7. The molecule has 18 heavy (non-hydrogen) atoms. The second-order valence-corrected chi connectivity index (χ2v) is 5.27. The highest BCUT2D eigenvalue weighted by Crippen LogP contribution is 2.29. The molecule has 3 nitrogen and oxygen atoms in total. The van der Waals surface area contributed by atoms with Crippen LogP contribution >= 0.6 is 0 Å². The summed E-state index contributed by atoms with van der Waals surface area (Å²) in [4.78, 5) is 0. The third-order valence-corrected chi connectivity index (χ3v) is 4.01. The minimum absolute atomic E-state index is 0.144. The molecule has 0 spiro atoms. The summed E-state index contributed by atoms with van der Waals surface area (Å²) in [6.07, 6.45) is 8.44. The predicted molar refractivity (Wildman–Crippen MR) is 72.5 cm³/mol. The molecule has 1 aromatic carbocycles. The maximum absolute atomic E-state index is 10.3. The molecule has 2 unspecified atom stereocenters. The van der Waals surface area contributed by atoms with E-state index in [1.165, 1.54) is 19.3 Å². The fourth-order valence-electron chi connectivity index (χ4n) is 2.99. The van der Waals surface area contributed by atoms with E-state index in [9.17, 15) is 5.11 Å². The molecule has 0 saturated heterocycles. The summed E-state index contributed by atoms with van der Waals surface area (Å²) >= 11 is 0. The topological polar surface area (TPSA) is 38.0 Å². The summed E-state index contributed by atoms with van der Waals surface area (Å²) < 4.78 is 2.03. The minimum atomic E-state index is -0.256. The van der Waals surface area contributed by atoms with Gasteiger partial charge in [0.15, 0.2) is 0 Å². The van der Waals surface area contributed by atoms with Crippen LogP contribution in [0.25, 0.3) is 10.9 Å². The normalized spacial score (nSPS) is 25.8. The van der Waals surface area contributed by atoms with Crippen molar-refractivity contribution in [2.24, 2.45) is 0 Å². The molecule has 1 aromatic heterocycles. The Bertz CT molecular complexity index is 520. The average molecular weight is 244 g/mol. The van der Waals surface area contributed by atoms with E-state index in [-0.39, 0.29) is 12.1 Å². The number of hydrogen-bond acceptors (Lipinski definition) is 2. The Morgan fingerprint density at radius 2 is 1.83 bits per heavy atom. The van der Waals surface area contributed by atoms with Gasteiger partial charge in [0, 0.05) is 5.39 Å². The van der Waals surface area contributed by atoms with Gasteiger partial charge in [-0.05, 0) is 18.9 Å². The van der Waals surface area contributed by atoms with Crippen molar-refractivity contribution in [3.63, 3.8) is 0 Å². The van der Waals surface area contributed by atoms with Crippen LogP contribution in [0.3, 0.4) is 0 Å². The van der Waals surface area contributed by atoms with Crippen LogP contribution in [-0.4, -0.2) is 21.0 Å². The highest BCUT2D eigenvalue weighted by molar-refractivity contribution is 5.78. The van der Waals surface area contributed by atoms with Crippen molar-refractivity contribution in [1.82, 2.24) is 9.78 Å². The van der Waals surface area contributed by atoms with Crippen LogP contribution in [0.2, 0.25) is 0 Å². The maximum Gasteiger partial charge on any atom is 0.0785 e. The van der Waals surface area contributed by atoms with Crippen LogP contribution in [0.5, 0.6) is 0 Å². The van der Waals surface area contributed by atoms with Crippen LogP contribution < -0.4 is 0 Å². The van der Waals surface area contributed by atoms with E-state index in [1.807, 2.05) is 23.0 Å². The summed E-state index contributed by atoms with van der Waals surface area (Å²) in [6, 6.07) is 8.38. The van der Waals surface area contributed by atoms with Crippen molar-refractivity contribution in [2.75, 3.05) is 0 Å². The Morgan fingerprint density at radius 1 is 1.06 bits per heavy atom. The lowest BCUT2D eigenvalue weighted by Gasteiger charge is -2.26. The first-order chi connectivity index (χ1) is 8.86. The number of nitrogens with zero attached hydrogens (tertiary/aromatic N) is 2. The third kappa shape index (κ3) is 2.15. The van der Waals surface area contributed by atoms with E-state index in [4.69, 9.17) is 0 Å². The average Bonchev–Trinajstić information content (AvgIpc) is 2.78. The molecular weight excluding hydrogens is 224 g/mol. The lowest BCUT2D eigenvalue weighted by atomic mass is 9.94. The van der Waals surface area contributed by atoms with Crippen molar-refractivity contribution < 1.29 is 5.11 Å². The van der Waals surface area contributed by atoms with Gasteiger partial charge in [0.05, 0.1) is 23.9 Å². The van der Waals surface area contributed by atoms with Crippen molar-refractivity contribution >= 4 is 10.9 Å². The van der Waals surface area contributed by atoms with Gasteiger partial charge in [-0.25, -0.2) is 0 Å². The lowest BCUT2D eigenvalue weighted by Crippen LogP contribution is -2.26. The quantitative estimate of drug-likeness (QED) is 0.836.